The SMILES string of the molecule is O=C(/C=C/c1ccc(N2CCCC2=O)cc1)Nc1cc(N2CCCC2=O)ccc1Cl. The van der Waals surface area contributed by atoms with Gasteiger partial charge in [-0.1, -0.05) is 23.7 Å². The second kappa shape index (κ2) is 8.71. The molecule has 3 amide bonds. The van der Waals surface area contributed by atoms with Crippen LogP contribution in [0.3, 0.4) is 0 Å². The van der Waals surface area contributed by atoms with Gasteiger partial charge in [0.15, 0.2) is 0 Å². The highest BCUT2D eigenvalue weighted by Crippen LogP contribution is 2.30. The highest BCUT2D eigenvalue weighted by atomic mass is 35.5. The lowest BCUT2D eigenvalue weighted by molar-refractivity contribution is -0.117. The molecule has 0 aromatic heterocycles. The van der Waals surface area contributed by atoms with E-state index < -0.39 is 0 Å². The van der Waals surface area contributed by atoms with Crippen molar-refractivity contribution in [2.45, 2.75) is 25.7 Å². The fourth-order valence-corrected chi connectivity index (χ4v) is 3.90. The summed E-state index contributed by atoms with van der Waals surface area (Å²) in [6, 6.07) is 12.7. The second-order valence-electron chi connectivity index (χ2n) is 7.38. The molecule has 0 radical (unpaired) electrons. The summed E-state index contributed by atoms with van der Waals surface area (Å²) in [7, 11) is 0. The molecule has 0 atom stereocenters. The molecule has 0 unspecified atom stereocenters. The molecule has 0 saturated carbocycles. The number of carbonyl (C=O) groups excluding carboxylic acids is 3. The van der Waals surface area contributed by atoms with E-state index in [1.165, 1.54) is 6.08 Å². The zero-order valence-corrected chi connectivity index (χ0v) is 17.2. The van der Waals surface area contributed by atoms with Crippen molar-refractivity contribution in [2.24, 2.45) is 0 Å². The van der Waals surface area contributed by atoms with Crippen LogP contribution in [0, 0.1) is 0 Å². The topological polar surface area (TPSA) is 69.7 Å². The Morgan fingerprint density at radius 1 is 0.900 bits per heavy atom. The van der Waals surface area contributed by atoms with Gasteiger partial charge in [0.05, 0.1) is 10.7 Å². The van der Waals surface area contributed by atoms with Gasteiger partial charge in [-0.2, -0.15) is 0 Å². The summed E-state index contributed by atoms with van der Waals surface area (Å²) in [4.78, 5) is 39.6. The van der Waals surface area contributed by atoms with Gasteiger partial charge >= 0.3 is 0 Å². The average molecular weight is 424 g/mol. The van der Waals surface area contributed by atoms with E-state index in [1.54, 1.807) is 34.1 Å². The number of hydrogen-bond donors (Lipinski definition) is 1. The molecular formula is C23H22ClN3O3. The molecule has 154 valence electrons. The Bertz CT molecular complexity index is 1020. The molecule has 0 spiro atoms. The first-order valence-electron chi connectivity index (χ1n) is 10.0. The van der Waals surface area contributed by atoms with Gasteiger partial charge in [-0.15, -0.1) is 0 Å². The van der Waals surface area contributed by atoms with Crippen LogP contribution < -0.4 is 15.1 Å². The van der Waals surface area contributed by atoms with Crippen LogP contribution in [0.2, 0.25) is 5.02 Å². The number of anilines is 3. The Hall–Kier alpha value is -3.12. The lowest BCUT2D eigenvalue weighted by atomic mass is 10.2. The summed E-state index contributed by atoms with van der Waals surface area (Å²) in [5.41, 5.74) is 2.92. The molecule has 2 aliphatic rings. The van der Waals surface area contributed by atoms with Gasteiger partial charge in [0.2, 0.25) is 17.7 Å². The maximum Gasteiger partial charge on any atom is 0.248 e. The zero-order valence-electron chi connectivity index (χ0n) is 16.4. The second-order valence-corrected chi connectivity index (χ2v) is 7.78. The van der Waals surface area contributed by atoms with E-state index in [0.29, 0.717) is 30.1 Å². The Labute approximate surface area is 180 Å². The lowest BCUT2D eigenvalue weighted by Gasteiger charge is -2.17. The molecule has 2 fully saturated rings. The van der Waals surface area contributed by atoms with Crippen LogP contribution in [0.15, 0.2) is 48.5 Å². The Kier molecular flexibility index (Phi) is 5.86. The maximum atomic E-state index is 12.4. The van der Waals surface area contributed by atoms with Gasteiger partial charge in [0.1, 0.15) is 0 Å². The van der Waals surface area contributed by atoms with Crippen molar-refractivity contribution in [3.63, 3.8) is 0 Å². The third kappa shape index (κ3) is 4.39. The smallest absolute Gasteiger partial charge is 0.248 e. The minimum Gasteiger partial charge on any atom is -0.321 e. The summed E-state index contributed by atoms with van der Waals surface area (Å²) in [5.74, 6) is -0.0958. The number of halogens is 1. The molecule has 2 aromatic carbocycles. The molecule has 2 heterocycles. The van der Waals surface area contributed by atoms with E-state index in [1.807, 2.05) is 24.3 Å². The minimum absolute atomic E-state index is 0.0774. The van der Waals surface area contributed by atoms with Gasteiger partial charge in [-0.05, 0) is 54.8 Å². The van der Waals surface area contributed by atoms with E-state index in [-0.39, 0.29) is 17.7 Å². The van der Waals surface area contributed by atoms with Crippen molar-refractivity contribution < 1.29 is 14.4 Å². The number of nitrogens with one attached hydrogen (secondary N) is 1. The van der Waals surface area contributed by atoms with Crippen LogP contribution in [0.4, 0.5) is 17.1 Å². The van der Waals surface area contributed by atoms with Gasteiger partial charge in [-0.3, -0.25) is 14.4 Å². The maximum absolute atomic E-state index is 12.4. The van der Waals surface area contributed by atoms with Crippen LogP contribution in [-0.2, 0) is 14.4 Å². The molecule has 0 aliphatic carbocycles. The van der Waals surface area contributed by atoms with Crippen molar-refractivity contribution >= 4 is 52.5 Å². The fourth-order valence-electron chi connectivity index (χ4n) is 3.73. The molecule has 30 heavy (non-hydrogen) atoms. The Morgan fingerprint density at radius 2 is 1.50 bits per heavy atom. The molecule has 2 aromatic rings. The largest absolute Gasteiger partial charge is 0.321 e. The van der Waals surface area contributed by atoms with E-state index >= 15 is 0 Å². The predicted molar refractivity (Wildman–Crippen MR) is 119 cm³/mol. The number of carbonyl (C=O) groups is 3. The number of benzene rings is 2. The van der Waals surface area contributed by atoms with E-state index in [0.717, 1.165) is 36.3 Å². The number of hydrogen-bond acceptors (Lipinski definition) is 3. The third-order valence-electron chi connectivity index (χ3n) is 5.30. The van der Waals surface area contributed by atoms with Crippen LogP contribution in [0.1, 0.15) is 31.2 Å². The van der Waals surface area contributed by atoms with Gasteiger partial charge in [0, 0.05) is 43.4 Å². The molecule has 1 N–H and O–H groups in total. The van der Waals surface area contributed by atoms with Gasteiger partial charge in [-0.25, -0.2) is 0 Å². The summed E-state index contributed by atoms with van der Waals surface area (Å²) in [6.45, 7) is 1.42. The van der Waals surface area contributed by atoms with E-state index in [4.69, 9.17) is 11.6 Å². The quantitative estimate of drug-likeness (QED) is 0.731. The molecule has 2 saturated heterocycles. The first-order valence-corrected chi connectivity index (χ1v) is 10.4. The Balaban J connectivity index is 1.41. The summed E-state index contributed by atoms with van der Waals surface area (Å²) in [6.07, 6.45) is 5.98. The van der Waals surface area contributed by atoms with E-state index in [9.17, 15) is 14.4 Å². The van der Waals surface area contributed by atoms with Gasteiger partial charge < -0.3 is 15.1 Å². The summed E-state index contributed by atoms with van der Waals surface area (Å²) in [5, 5.41) is 3.18. The normalized spacial score (nSPS) is 16.7. The zero-order chi connectivity index (χ0) is 21.1. The predicted octanol–water partition coefficient (Wildman–Crippen LogP) is 4.25. The number of rotatable bonds is 5. The summed E-state index contributed by atoms with van der Waals surface area (Å²) >= 11 is 6.22. The van der Waals surface area contributed by atoms with Crippen molar-refractivity contribution in [3.8, 4) is 0 Å². The van der Waals surface area contributed by atoms with Crippen LogP contribution in [0.5, 0.6) is 0 Å². The average Bonchev–Trinajstić information content (AvgIpc) is 3.36. The summed E-state index contributed by atoms with van der Waals surface area (Å²) < 4.78 is 0. The number of nitrogens with zero attached hydrogens (tertiary/aromatic N) is 2. The van der Waals surface area contributed by atoms with Crippen molar-refractivity contribution in [2.75, 3.05) is 28.2 Å². The molecule has 7 heteroatoms. The van der Waals surface area contributed by atoms with Crippen LogP contribution in [-0.4, -0.2) is 30.8 Å². The van der Waals surface area contributed by atoms with Crippen molar-refractivity contribution in [3.05, 3.63) is 59.1 Å². The van der Waals surface area contributed by atoms with Crippen LogP contribution >= 0.6 is 11.6 Å². The van der Waals surface area contributed by atoms with Gasteiger partial charge in [0.25, 0.3) is 0 Å². The van der Waals surface area contributed by atoms with Crippen molar-refractivity contribution in [1.29, 1.82) is 0 Å². The standard InChI is InChI=1S/C23H22ClN3O3/c24-19-11-10-18(27-14-2-4-23(27)30)15-20(19)25-21(28)12-7-16-5-8-17(9-6-16)26-13-1-3-22(26)29/h5-12,15H,1-4,13-14H2,(H,25,28)/b12-7+. The fraction of sp³-hybridized carbons (Fsp3) is 0.261. The lowest BCUT2D eigenvalue weighted by Crippen LogP contribution is -2.23. The van der Waals surface area contributed by atoms with Crippen LogP contribution in [0.25, 0.3) is 6.08 Å². The minimum atomic E-state index is -0.319. The van der Waals surface area contributed by atoms with Crippen molar-refractivity contribution in [1.82, 2.24) is 0 Å². The number of amides is 3. The first kappa shape index (κ1) is 20.2. The molecular weight excluding hydrogens is 402 g/mol. The monoisotopic (exact) mass is 423 g/mol. The highest BCUT2D eigenvalue weighted by molar-refractivity contribution is 6.34. The molecule has 0 bridgehead atoms. The third-order valence-corrected chi connectivity index (χ3v) is 5.63. The molecule has 4 rings (SSSR count). The van der Waals surface area contributed by atoms with E-state index in [2.05, 4.69) is 5.32 Å². The molecule has 6 nitrogen and oxygen atoms in total. The first-order chi connectivity index (χ1) is 14.5. The Morgan fingerprint density at radius 3 is 2.10 bits per heavy atom. The molecule has 2 aliphatic heterocycles. The highest BCUT2D eigenvalue weighted by Gasteiger charge is 2.23.